The van der Waals surface area contributed by atoms with Crippen LogP contribution in [0.1, 0.15) is 48.9 Å². The predicted octanol–water partition coefficient (Wildman–Crippen LogP) is 4.68. The first-order valence-corrected chi connectivity index (χ1v) is 12.3. The highest BCUT2D eigenvalue weighted by Crippen LogP contribution is 2.35. The van der Waals surface area contributed by atoms with E-state index in [9.17, 15) is 4.79 Å². The second kappa shape index (κ2) is 10.4. The van der Waals surface area contributed by atoms with Gasteiger partial charge in [0.2, 0.25) is 11.0 Å². The number of nitrogens with zero attached hydrogens (tertiary/aromatic N) is 5. The van der Waals surface area contributed by atoms with Crippen LogP contribution in [-0.4, -0.2) is 36.6 Å². The minimum absolute atomic E-state index is 0.145. The van der Waals surface area contributed by atoms with E-state index >= 15 is 0 Å². The molecule has 1 amide bonds. The van der Waals surface area contributed by atoms with Gasteiger partial charge in [0.15, 0.2) is 11.0 Å². The van der Waals surface area contributed by atoms with E-state index < -0.39 is 0 Å². The first kappa shape index (κ1) is 22.0. The third-order valence-corrected chi connectivity index (χ3v) is 7.43. The molecule has 1 aliphatic rings. The van der Waals surface area contributed by atoms with Crippen molar-refractivity contribution >= 4 is 45.7 Å². The van der Waals surface area contributed by atoms with Gasteiger partial charge >= 0.3 is 0 Å². The molecular formula is C20H23ClN6O2S2. The fourth-order valence-electron chi connectivity index (χ4n) is 3.39. The minimum atomic E-state index is -0.145. The molecule has 1 fully saturated rings. The van der Waals surface area contributed by atoms with Crippen molar-refractivity contribution in [2.75, 3.05) is 11.1 Å². The lowest BCUT2D eigenvalue weighted by Gasteiger charge is -2.18. The topological polar surface area (TPSA) is 94.8 Å². The van der Waals surface area contributed by atoms with Gasteiger partial charge in [-0.25, -0.2) is 0 Å². The van der Waals surface area contributed by atoms with Crippen LogP contribution in [0.5, 0.6) is 5.75 Å². The summed E-state index contributed by atoms with van der Waals surface area (Å²) in [6, 6.07) is 7.26. The molecule has 8 nitrogen and oxygen atoms in total. The number of hydrogen-bond donors (Lipinski definition) is 1. The van der Waals surface area contributed by atoms with Crippen molar-refractivity contribution in [2.24, 2.45) is 7.05 Å². The molecule has 11 heteroatoms. The molecule has 3 aromatic rings. The smallest absolute Gasteiger partial charge is 0.236 e. The molecule has 0 unspecified atom stereocenters. The van der Waals surface area contributed by atoms with Gasteiger partial charge in [-0.2, -0.15) is 0 Å². The number of carbonyl (C=O) groups excluding carboxylic acids is 1. The summed E-state index contributed by atoms with van der Waals surface area (Å²) < 4.78 is 7.52. The van der Waals surface area contributed by atoms with Gasteiger partial charge in [-0.1, -0.05) is 66.1 Å². The zero-order valence-electron chi connectivity index (χ0n) is 17.1. The summed E-state index contributed by atoms with van der Waals surface area (Å²) in [4.78, 5) is 12.3. The van der Waals surface area contributed by atoms with Crippen molar-refractivity contribution in [3.8, 4) is 5.75 Å². The Bertz CT molecular complexity index is 1030. The van der Waals surface area contributed by atoms with Gasteiger partial charge in [0, 0.05) is 13.0 Å². The number of benzene rings is 1. The summed E-state index contributed by atoms with van der Waals surface area (Å²) in [7, 11) is 1.84. The molecule has 2 aromatic heterocycles. The number of anilines is 1. The number of amides is 1. The average Bonchev–Trinajstić information content (AvgIpc) is 3.39. The van der Waals surface area contributed by atoms with E-state index in [1.54, 1.807) is 16.7 Å². The Kier molecular flexibility index (Phi) is 7.41. The molecule has 164 valence electrons. The summed E-state index contributed by atoms with van der Waals surface area (Å²) in [5, 5.41) is 22.3. The van der Waals surface area contributed by atoms with Crippen LogP contribution in [0.2, 0.25) is 5.02 Å². The number of aromatic nitrogens is 5. The number of carbonyl (C=O) groups is 1. The highest BCUT2D eigenvalue weighted by molar-refractivity contribution is 7.99. The van der Waals surface area contributed by atoms with Crippen LogP contribution >= 0.6 is 34.7 Å². The fourth-order valence-corrected chi connectivity index (χ4v) is 5.23. The summed E-state index contributed by atoms with van der Waals surface area (Å²) in [5.74, 6) is 1.77. The van der Waals surface area contributed by atoms with Gasteiger partial charge in [0.05, 0.1) is 10.8 Å². The van der Waals surface area contributed by atoms with E-state index in [0.717, 1.165) is 17.8 Å². The summed E-state index contributed by atoms with van der Waals surface area (Å²) in [5.41, 5.74) is 0. The molecule has 1 aliphatic carbocycles. The van der Waals surface area contributed by atoms with Crippen molar-refractivity contribution in [3.05, 3.63) is 40.1 Å². The van der Waals surface area contributed by atoms with Gasteiger partial charge in [-0.05, 0) is 25.0 Å². The summed E-state index contributed by atoms with van der Waals surface area (Å²) >= 11 is 8.89. The lowest BCUT2D eigenvalue weighted by Crippen LogP contribution is -2.14. The third-order valence-electron chi connectivity index (χ3n) is 5.09. The number of ether oxygens (including phenoxy) is 1. The maximum atomic E-state index is 12.3. The Balaban J connectivity index is 1.27. The molecule has 0 bridgehead atoms. The number of nitrogens with one attached hydrogen (secondary N) is 1. The van der Waals surface area contributed by atoms with Crippen LogP contribution in [-0.2, 0) is 18.4 Å². The van der Waals surface area contributed by atoms with Gasteiger partial charge in [0.25, 0.3) is 0 Å². The molecule has 1 aromatic carbocycles. The Morgan fingerprint density at radius 2 is 2.03 bits per heavy atom. The molecule has 0 spiro atoms. The molecule has 1 N–H and O–H groups in total. The first-order chi connectivity index (χ1) is 15.1. The SMILES string of the molecule is Cn1c(COc2ccccc2Cl)nnc1SCC(=O)Nc1nnc(C2CCCCC2)s1. The normalized spacial score (nSPS) is 14.5. The van der Waals surface area contributed by atoms with Gasteiger partial charge in [-0.3, -0.25) is 10.1 Å². The van der Waals surface area contributed by atoms with Crippen LogP contribution in [0.3, 0.4) is 0 Å². The Labute approximate surface area is 193 Å². The lowest BCUT2D eigenvalue weighted by molar-refractivity contribution is -0.113. The maximum Gasteiger partial charge on any atom is 0.236 e. The van der Waals surface area contributed by atoms with Crippen molar-refractivity contribution < 1.29 is 9.53 Å². The van der Waals surface area contributed by atoms with Crippen molar-refractivity contribution in [3.63, 3.8) is 0 Å². The number of para-hydroxylation sites is 1. The average molecular weight is 479 g/mol. The monoisotopic (exact) mass is 478 g/mol. The number of halogens is 1. The van der Waals surface area contributed by atoms with E-state index in [2.05, 4.69) is 25.7 Å². The zero-order valence-corrected chi connectivity index (χ0v) is 19.5. The first-order valence-electron chi connectivity index (χ1n) is 10.1. The number of hydrogen-bond acceptors (Lipinski definition) is 8. The van der Waals surface area contributed by atoms with Gasteiger partial charge < -0.3 is 9.30 Å². The standard InChI is InChI=1S/C20H23ClN6O2S2/c1-27-16(11-29-15-10-6-5-9-14(15)21)23-26-20(27)30-12-17(28)22-19-25-24-18(31-19)13-7-3-2-4-8-13/h5-6,9-10,13H,2-4,7-8,11-12H2,1H3,(H,22,25,28). The quantitative estimate of drug-likeness (QED) is 0.469. The van der Waals surface area contributed by atoms with Crippen molar-refractivity contribution in [1.29, 1.82) is 0 Å². The second-order valence-corrected chi connectivity index (χ2v) is 9.65. The molecule has 31 heavy (non-hydrogen) atoms. The molecule has 4 rings (SSSR count). The zero-order chi connectivity index (χ0) is 21.6. The van der Waals surface area contributed by atoms with Crippen LogP contribution in [0, 0.1) is 0 Å². The van der Waals surface area contributed by atoms with E-state index in [1.807, 2.05) is 19.2 Å². The molecule has 0 aliphatic heterocycles. The van der Waals surface area contributed by atoms with Crippen molar-refractivity contribution in [2.45, 2.75) is 49.8 Å². The number of rotatable bonds is 8. The summed E-state index contributed by atoms with van der Waals surface area (Å²) in [6.45, 7) is 0.231. The molecule has 0 radical (unpaired) electrons. The minimum Gasteiger partial charge on any atom is -0.484 e. The highest BCUT2D eigenvalue weighted by atomic mass is 35.5. The van der Waals surface area contributed by atoms with E-state index in [4.69, 9.17) is 16.3 Å². The fraction of sp³-hybridized carbons (Fsp3) is 0.450. The van der Waals surface area contributed by atoms with Gasteiger partial charge in [-0.15, -0.1) is 20.4 Å². The molecular weight excluding hydrogens is 456 g/mol. The Morgan fingerprint density at radius 1 is 1.23 bits per heavy atom. The maximum absolute atomic E-state index is 12.3. The van der Waals surface area contributed by atoms with E-state index in [1.165, 1.54) is 42.4 Å². The Hall–Kier alpha value is -2.17. The summed E-state index contributed by atoms with van der Waals surface area (Å²) in [6.07, 6.45) is 6.10. The van der Waals surface area contributed by atoms with Crippen LogP contribution < -0.4 is 10.1 Å². The molecule has 0 atom stereocenters. The number of thioether (sulfide) groups is 1. The van der Waals surface area contributed by atoms with Crippen LogP contribution in [0.15, 0.2) is 29.4 Å². The van der Waals surface area contributed by atoms with Crippen LogP contribution in [0.25, 0.3) is 0 Å². The lowest BCUT2D eigenvalue weighted by atomic mass is 9.90. The largest absolute Gasteiger partial charge is 0.484 e. The van der Waals surface area contributed by atoms with Gasteiger partial charge in [0.1, 0.15) is 17.4 Å². The van der Waals surface area contributed by atoms with E-state index in [0.29, 0.717) is 32.8 Å². The van der Waals surface area contributed by atoms with Crippen molar-refractivity contribution in [1.82, 2.24) is 25.0 Å². The second-order valence-electron chi connectivity index (χ2n) is 7.29. The van der Waals surface area contributed by atoms with Crippen LogP contribution in [0.4, 0.5) is 5.13 Å². The molecule has 1 saturated carbocycles. The third kappa shape index (κ3) is 5.75. The molecule has 0 saturated heterocycles. The van der Waals surface area contributed by atoms with E-state index in [-0.39, 0.29) is 18.3 Å². The predicted molar refractivity (Wildman–Crippen MR) is 122 cm³/mol. The Morgan fingerprint density at radius 3 is 2.84 bits per heavy atom. The molecule has 2 heterocycles. The highest BCUT2D eigenvalue weighted by Gasteiger charge is 2.20.